The predicted molar refractivity (Wildman–Crippen MR) is 90.9 cm³/mol. The molecule has 0 amide bonds. The van der Waals surface area contributed by atoms with Gasteiger partial charge in [-0.25, -0.2) is 9.48 Å². The SMILES string of the molecule is CCOC(=O)c1nn(-c2ccc(Cl)c(Cl)c2)c2c1CCC2(C)C. The Morgan fingerprint density at radius 2 is 2.09 bits per heavy atom. The second-order valence-corrected chi connectivity index (χ2v) is 7.10. The molecule has 0 saturated heterocycles. The van der Waals surface area contributed by atoms with Crippen LogP contribution in [0, 0.1) is 0 Å². The van der Waals surface area contributed by atoms with E-state index in [-0.39, 0.29) is 11.4 Å². The van der Waals surface area contributed by atoms with Crippen molar-refractivity contribution in [2.75, 3.05) is 6.61 Å². The van der Waals surface area contributed by atoms with Gasteiger partial charge in [-0.15, -0.1) is 0 Å². The van der Waals surface area contributed by atoms with Crippen LogP contribution in [0.4, 0.5) is 0 Å². The molecule has 23 heavy (non-hydrogen) atoms. The largest absolute Gasteiger partial charge is 0.461 e. The molecule has 4 nitrogen and oxygen atoms in total. The van der Waals surface area contributed by atoms with Crippen LogP contribution >= 0.6 is 23.2 Å². The van der Waals surface area contributed by atoms with Crippen LogP contribution < -0.4 is 0 Å². The number of ether oxygens (including phenoxy) is 1. The number of aromatic nitrogens is 2. The Labute approximate surface area is 145 Å². The maximum absolute atomic E-state index is 12.2. The summed E-state index contributed by atoms with van der Waals surface area (Å²) in [6.07, 6.45) is 1.78. The van der Waals surface area contributed by atoms with E-state index in [1.165, 1.54) is 0 Å². The van der Waals surface area contributed by atoms with Gasteiger partial charge < -0.3 is 4.74 Å². The van der Waals surface area contributed by atoms with E-state index >= 15 is 0 Å². The molecule has 0 saturated carbocycles. The molecule has 0 unspecified atom stereocenters. The van der Waals surface area contributed by atoms with Crippen LogP contribution in [-0.4, -0.2) is 22.4 Å². The van der Waals surface area contributed by atoms with Crippen molar-refractivity contribution >= 4 is 29.2 Å². The molecule has 1 aliphatic rings. The van der Waals surface area contributed by atoms with Crippen molar-refractivity contribution in [3.8, 4) is 5.69 Å². The minimum absolute atomic E-state index is 0.0702. The fourth-order valence-electron chi connectivity index (χ4n) is 3.11. The molecule has 1 aromatic heterocycles. The molecule has 1 aliphatic carbocycles. The maximum atomic E-state index is 12.2. The minimum atomic E-state index is -0.375. The average molecular weight is 353 g/mol. The number of esters is 1. The highest BCUT2D eigenvalue weighted by molar-refractivity contribution is 6.42. The first-order valence-electron chi connectivity index (χ1n) is 7.60. The lowest BCUT2D eigenvalue weighted by molar-refractivity contribution is 0.0517. The highest BCUT2D eigenvalue weighted by Crippen LogP contribution is 2.41. The molecule has 0 radical (unpaired) electrons. The monoisotopic (exact) mass is 352 g/mol. The molecule has 0 bridgehead atoms. The summed E-state index contributed by atoms with van der Waals surface area (Å²) in [6, 6.07) is 5.35. The van der Waals surface area contributed by atoms with Gasteiger partial charge in [-0.1, -0.05) is 37.0 Å². The fraction of sp³-hybridized carbons (Fsp3) is 0.412. The summed E-state index contributed by atoms with van der Waals surface area (Å²) in [5.41, 5.74) is 3.14. The van der Waals surface area contributed by atoms with Gasteiger partial charge in [-0.3, -0.25) is 0 Å². The molecule has 0 N–H and O–H groups in total. The highest BCUT2D eigenvalue weighted by atomic mass is 35.5. The molecule has 1 heterocycles. The quantitative estimate of drug-likeness (QED) is 0.759. The van der Waals surface area contributed by atoms with Crippen molar-refractivity contribution in [2.24, 2.45) is 0 Å². The Kier molecular flexibility index (Phi) is 4.15. The maximum Gasteiger partial charge on any atom is 0.359 e. The minimum Gasteiger partial charge on any atom is -0.461 e. The van der Waals surface area contributed by atoms with E-state index in [1.807, 2.05) is 6.07 Å². The van der Waals surface area contributed by atoms with Crippen molar-refractivity contribution in [2.45, 2.75) is 39.0 Å². The highest BCUT2D eigenvalue weighted by Gasteiger charge is 2.39. The van der Waals surface area contributed by atoms with Crippen LogP contribution in [0.25, 0.3) is 5.69 Å². The smallest absolute Gasteiger partial charge is 0.359 e. The van der Waals surface area contributed by atoms with Gasteiger partial charge in [0.2, 0.25) is 0 Å². The van der Waals surface area contributed by atoms with Gasteiger partial charge in [-0.2, -0.15) is 5.10 Å². The van der Waals surface area contributed by atoms with Crippen molar-refractivity contribution in [3.05, 3.63) is 45.2 Å². The number of fused-ring (bicyclic) bond motifs is 1. The van der Waals surface area contributed by atoms with Gasteiger partial charge in [0.25, 0.3) is 0 Å². The van der Waals surface area contributed by atoms with E-state index in [9.17, 15) is 4.79 Å². The summed E-state index contributed by atoms with van der Waals surface area (Å²) in [4.78, 5) is 12.2. The summed E-state index contributed by atoms with van der Waals surface area (Å²) < 4.78 is 6.95. The Morgan fingerprint density at radius 1 is 1.35 bits per heavy atom. The topological polar surface area (TPSA) is 44.1 Å². The zero-order valence-corrected chi connectivity index (χ0v) is 14.8. The Bertz CT molecular complexity index is 781. The Balaban J connectivity index is 2.19. The molecule has 0 aliphatic heterocycles. The fourth-order valence-corrected chi connectivity index (χ4v) is 3.40. The van der Waals surface area contributed by atoms with E-state index in [4.69, 9.17) is 27.9 Å². The van der Waals surface area contributed by atoms with Crippen molar-refractivity contribution in [1.29, 1.82) is 0 Å². The lowest BCUT2D eigenvalue weighted by atomic mass is 9.90. The van der Waals surface area contributed by atoms with E-state index in [2.05, 4.69) is 18.9 Å². The Morgan fingerprint density at radius 3 is 2.74 bits per heavy atom. The summed E-state index contributed by atoms with van der Waals surface area (Å²) in [7, 11) is 0. The van der Waals surface area contributed by atoms with Gasteiger partial charge in [0.15, 0.2) is 5.69 Å². The molecule has 0 atom stereocenters. The first-order chi connectivity index (χ1) is 10.8. The summed E-state index contributed by atoms with van der Waals surface area (Å²) in [5, 5.41) is 5.48. The summed E-state index contributed by atoms with van der Waals surface area (Å²) in [5.74, 6) is -0.375. The molecule has 0 fully saturated rings. The van der Waals surface area contributed by atoms with Crippen LogP contribution in [0.5, 0.6) is 0 Å². The molecule has 1 aromatic carbocycles. The number of nitrogens with zero attached hydrogens (tertiary/aromatic N) is 2. The van der Waals surface area contributed by atoms with Crippen LogP contribution in [0.3, 0.4) is 0 Å². The van der Waals surface area contributed by atoms with Gasteiger partial charge in [0, 0.05) is 11.0 Å². The number of halogens is 2. The van der Waals surface area contributed by atoms with E-state index in [1.54, 1.807) is 23.7 Å². The third-order valence-corrected chi connectivity index (χ3v) is 4.98. The molecule has 3 rings (SSSR count). The molecule has 0 spiro atoms. The second-order valence-electron chi connectivity index (χ2n) is 6.29. The Hall–Kier alpha value is -1.52. The van der Waals surface area contributed by atoms with Crippen molar-refractivity contribution < 1.29 is 9.53 Å². The predicted octanol–water partition coefficient (Wildman–Crippen LogP) is 4.58. The van der Waals surface area contributed by atoms with E-state index in [0.717, 1.165) is 29.8 Å². The second kappa shape index (κ2) is 5.84. The number of benzene rings is 1. The number of rotatable bonds is 3. The van der Waals surface area contributed by atoms with Gasteiger partial charge in [0.1, 0.15) is 0 Å². The van der Waals surface area contributed by atoms with Crippen LogP contribution in [0.2, 0.25) is 10.0 Å². The molecule has 122 valence electrons. The molecular weight excluding hydrogens is 335 g/mol. The van der Waals surface area contributed by atoms with Crippen molar-refractivity contribution in [1.82, 2.24) is 9.78 Å². The molecular formula is C17H18Cl2N2O2. The number of carbonyl (C=O) groups is 1. The third-order valence-electron chi connectivity index (χ3n) is 4.24. The van der Waals surface area contributed by atoms with E-state index < -0.39 is 0 Å². The first kappa shape index (κ1) is 16.3. The first-order valence-corrected chi connectivity index (χ1v) is 8.35. The zero-order valence-electron chi connectivity index (χ0n) is 13.3. The van der Waals surface area contributed by atoms with E-state index in [0.29, 0.717) is 22.3 Å². The number of hydrogen-bond donors (Lipinski definition) is 0. The third kappa shape index (κ3) is 2.74. The zero-order chi connectivity index (χ0) is 16.8. The molecule has 2 aromatic rings. The van der Waals surface area contributed by atoms with Gasteiger partial charge in [-0.05, 0) is 38.0 Å². The standard InChI is InChI=1S/C17H18Cl2N2O2/c1-4-23-16(22)14-11-7-8-17(2,3)15(11)21(20-14)10-5-6-12(18)13(19)9-10/h5-6,9H,4,7-8H2,1-3H3. The lowest BCUT2D eigenvalue weighted by Gasteiger charge is -2.20. The summed E-state index contributed by atoms with van der Waals surface area (Å²) in [6.45, 7) is 6.43. The normalized spacial score (nSPS) is 15.5. The van der Waals surface area contributed by atoms with Crippen molar-refractivity contribution in [3.63, 3.8) is 0 Å². The lowest BCUT2D eigenvalue weighted by Crippen LogP contribution is -2.18. The van der Waals surface area contributed by atoms with Crippen LogP contribution in [0.15, 0.2) is 18.2 Å². The summed E-state index contributed by atoms with van der Waals surface area (Å²) >= 11 is 12.1. The van der Waals surface area contributed by atoms with Crippen LogP contribution in [0.1, 0.15) is 48.9 Å². The van der Waals surface area contributed by atoms with Gasteiger partial charge in [0.05, 0.1) is 28.0 Å². The van der Waals surface area contributed by atoms with Gasteiger partial charge >= 0.3 is 5.97 Å². The number of hydrogen-bond acceptors (Lipinski definition) is 3. The average Bonchev–Trinajstić information content (AvgIpc) is 3.02. The number of carbonyl (C=O) groups excluding carboxylic acids is 1. The molecule has 6 heteroatoms. The van der Waals surface area contributed by atoms with Crippen LogP contribution in [-0.2, 0) is 16.6 Å².